The second-order valence-electron chi connectivity index (χ2n) is 3.50. The fourth-order valence-electron chi connectivity index (χ4n) is 1.26. The predicted octanol–water partition coefficient (Wildman–Crippen LogP) is 1.56. The van der Waals surface area contributed by atoms with Crippen molar-refractivity contribution in [1.82, 2.24) is 5.32 Å². The highest BCUT2D eigenvalue weighted by molar-refractivity contribution is 5.91. The minimum atomic E-state index is -0.499. The number of esters is 1. The molecule has 0 atom stereocenters. The Kier molecular flexibility index (Phi) is 5.44. The van der Waals surface area contributed by atoms with E-state index in [2.05, 4.69) is 11.9 Å². The van der Waals surface area contributed by atoms with Crippen LogP contribution in [0.1, 0.15) is 0 Å². The maximum Gasteiger partial charge on any atom is 0.330 e. The number of rotatable bonds is 5. The number of hydrogen-bond acceptors (Lipinski definition) is 3. The van der Waals surface area contributed by atoms with E-state index in [1.807, 2.05) is 30.3 Å². The van der Waals surface area contributed by atoms with E-state index in [4.69, 9.17) is 4.74 Å². The second kappa shape index (κ2) is 7.11. The van der Waals surface area contributed by atoms with Crippen molar-refractivity contribution < 1.29 is 14.3 Å². The average Bonchev–Trinajstić information content (AvgIpc) is 2.43. The van der Waals surface area contributed by atoms with Gasteiger partial charge in [-0.05, 0) is 12.1 Å². The molecule has 0 aliphatic rings. The molecule has 0 radical (unpaired) electrons. The lowest BCUT2D eigenvalue weighted by Gasteiger charge is -2.17. The van der Waals surface area contributed by atoms with E-state index in [0.29, 0.717) is 0 Å². The molecule has 0 saturated carbocycles. The van der Waals surface area contributed by atoms with Crippen LogP contribution in [-0.4, -0.2) is 32.2 Å². The average molecular weight is 248 g/mol. The maximum absolute atomic E-state index is 11.7. The number of hydrogen-bond donors (Lipinski definition) is 1. The van der Waals surface area contributed by atoms with Crippen LogP contribution in [0.2, 0.25) is 0 Å². The van der Waals surface area contributed by atoms with E-state index in [1.165, 1.54) is 4.90 Å². The molecule has 0 bridgehead atoms. The van der Waals surface area contributed by atoms with Gasteiger partial charge < -0.3 is 10.1 Å². The number of urea groups is 1. The summed E-state index contributed by atoms with van der Waals surface area (Å²) in [6.07, 6.45) is 1.08. The molecule has 2 amide bonds. The third-order valence-electron chi connectivity index (χ3n) is 2.24. The molecule has 0 fully saturated rings. The fraction of sp³-hybridized carbons (Fsp3) is 0.231. The van der Waals surface area contributed by atoms with Crippen molar-refractivity contribution >= 4 is 17.7 Å². The lowest BCUT2D eigenvalue weighted by Crippen LogP contribution is -2.39. The van der Waals surface area contributed by atoms with Gasteiger partial charge in [-0.15, -0.1) is 0 Å². The zero-order valence-electron chi connectivity index (χ0n) is 10.3. The van der Waals surface area contributed by atoms with Crippen LogP contribution in [0.3, 0.4) is 0 Å². The van der Waals surface area contributed by atoms with Gasteiger partial charge in [-0.2, -0.15) is 0 Å². The van der Waals surface area contributed by atoms with Crippen LogP contribution >= 0.6 is 0 Å². The Morgan fingerprint density at radius 2 is 2.06 bits per heavy atom. The molecule has 0 heterocycles. The smallest absolute Gasteiger partial charge is 0.330 e. The van der Waals surface area contributed by atoms with Gasteiger partial charge in [0.05, 0.1) is 6.54 Å². The molecule has 5 heteroatoms. The Bertz CT molecular complexity index is 418. The molecular weight excluding hydrogens is 232 g/mol. The highest BCUT2D eigenvalue weighted by Crippen LogP contribution is 2.10. The quantitative estimate of drug-likeness (QED) is 0.489. The predicted molar refractivity (Wildman–Crippen MR) is 69.4 cm³/mol. The van der Waals surface area contributed by atoms with Crippen molar-refractivity contribution in [2.75, 3.05) is 25.1 Å². The first kappa shape index (κ1) is 13.8. The van der Waals surface area contributed by atoms with Crippen molar-refractivity contribution in [3.63, 3.8) is 0 Å². The molecule has 5 nitrogen and oxygen atoms in total. The summed E-state index contributed by atoms with van der Waals surface area (Å²) in [5, 5.41) is 2.64. The first-order valence-corrected chi connectivity index (χ1v) is 5.51. The van der Waals surface area contributed by atoms with Gasteiger partial charge in [0.1, 0.15) is 6.61 Å². The number of ether oxygens (including phenoxy) is 1. The molecule has 1 aromatic rings. The highest BCUT2D eigenvalue weighted by atomic mass is 16.5. The number of anilines is 1. The van der Waals surface area contributed by atoms with Crippen LogP contribution in [-0.2, 0) is 9.53 Å². The molecule has 18 heavy (non-hydrogen) atoms. The lowest BCUT2D eigenvalue weighted by atomic mass is 10.3. The van der Waals surface area contributed by atoms with Gasteiger partial charge in [0, 0.05) is 18.8 Å². The van der Waals surface area contributed by atoms with Gasteiger partial charge in [-0.25, -0.2) is 9.59 Å². The summed E-state index contributed by atoms with van der Waals surface area (Å²) in [6.45, 7) is 3.66. The summed E-state index contributed by atoms with van der Waals surface area (Å²) in [7, 11) is 1.67. The third-order valence-corrected chi connectivity index (χ3v) is 2.24. The summed E-state index contributed by atoms with van der Waals surface area (Å²) < 4.78 is 4.74. The molecule has 96 valence electrons. The third kappa shape index (κ3) is 4.29. The standard InChI is InChI=1S/C13H16N2O3/c1-3-12(16)18-10-9-14-13(17)15(2)11-7-5-4-6-8-11/h3-8H,1,9-10H2,2H3,(H,14,17). The van der Waals surface area contributed by atoms with Crippen LogP contribution in [0.5, 0.6) is 0 Å². The van der Waals surface area contributed by atoms with Gasteiger partial charge >= 0.3 is 12.0 Å². The number of para-hydroxylation sites is 1. The second-order valence-corrected chi connectivity index (χ2v) is 3.50. The number of carbonyl (C=O) groups excluding carboxylic acids is 2. The Labute approximate surface area is 106 Å². The zero-order chi connectivity index (χ0) is 13.4. The molecule has 1 aromatic carbocycles. The van der Waals surface area contributed by atoms with E-state index in [9.17, 15) is 9.59 Å². The summed E-state index contributed by atoms with van der Waals surface area (Å²) in [6, 6.07) is 8.99. The van der Waals surface area contributed by atoms with E-state index >= 15 is 0 Å². The first-order valence-electron chi connectivity index (χ1n) is 5.51. The molecule has 1 N–H and O–H groups in total. The first-order chi connectivity index (χ1) is 8.65. The number of benzene rings is 1. The Morgan fingerprint density at radius 1 is 1.39 bits per heavy atom. The SMILES string of the molecule is C=CC(=O)OCCNC(=O)N(C)c1ccccc1. The fourth-order valence-corrected chi connectivity index (χ4v) is 1.26. The summed E-state index contributed by atoms with van der Waals surface area (Å²) in [4.78, 5) is 23.9. The number of amides is 2. The van der Waals surface area contributed by atoms with Gasteiger partial charge in [0.15, 0.2) is 0 Å². The minimum Gasteiger partial charge on any atom is -0.461 e. The molecule has 0 saturated heterocycles. The molecular formula is C13H16N2O3. The van der Waals surface area contributed by atoms with Crippen molar-refractivity contribution in [1.29, 1.82) is 0 Å². The number of carbonyl (C=O) groups is 2. The topological polar surface area (TPSA) is 58.6 Å². The zero-order valence-corrected chi connectivity index (χ0v) is 10.3. The van der Waals surface area contributed by atoms with Gasteiger partial charge in [-0.1, -0.05) is 24.8 Å². The van der Waals surface area contributed by atoms with E-state index in [0.717, 1.165) is 11.8 Å². The van der Waals surface area contributed by atoms with Crippen molar-refractivity contribution in [3.05, 3.63) is 43.0 Å². The van der Waals surface area contributed by atoms with Gasteiger partial charge in [0.25, 0.3) is 0 Å². The summed E-state index contributed by atoms with van der Waals surface area (Å²) in [5.74, 6) is -0.499. The molecule has 0 aromatic heterocycles. The van der Waals surface area contributed by atoms with Crippen molar-refractivity contribution in [2.24, 2.45) is 0 Å². The maximum atomic E-state index is 11.7. The molecule has 0 spiro atoms. The molecule has 1 rings (SSSR count). The number of nitrogens with one attached hydrogen (secondary N) is 1. The van der Waals surface area contributed by atoms with Gasteiger partial charge in [0.2, 0.25) is 0 Å². The molecule has 0 aliphatic carbocycles. The van der Waals surface area contributed by atoms with Crippen LogP contribution in [0.15, 0.2) is 43.0 Å². The van der Waals surface area contributed by atoms with Crippen LogP contribution < -0.4 is 10.2 Å². The van der Waals surface area contributed by atoms with Crippen molar-refractivity contribution in [2.45, 2.75) is 0 Å². The summed E-state index contributed by atoms with van der Waals surface area (Å²) in [5.41, 5.74) is 0.790. The van der Waals surface area contributed by atoms with E-state index in [1.54, 1.807) is 7.05 Å². The lowest BCUT2D eigenvalue weighted by molar-refractivity contribution is -0.137. The van der Waals surface area contributed by atoms with Gasteiger partial charge in [-0.3, -0.25) is 4.90 Å². The monoisotopic (exact) mass is 248 g/mol. The Morgan fingerprint density at radius 3 is 2.67 bits per heavy atom. The van der Waals surface area contributed by atoms with Crippen LogP contribution in [0.4, 0.5) is 10.5 Å². The Balaban J connectivity index is 2.33. The minimum absolute atomic E-state index is 0.124. The van der Waals surface area contributed by atoms with Crippen molar-refractivity contribution in [3.8, 4) is 0 Å². The highest BCUT2D eigenvalue weighted by Gasteiger charge is 2.09. The summed E-state index contributed by atoms with van der Waals surface area (Å²) >= 11 is 0. The normalized spacial score (nSPS) is 9.39. The Hall–Kier alpha value is -2.30. The largest absolute Gasteiger partial charge is 0.461 e. The van der Waals surface area contributed by atoms with Crippen LogP contribution in [0, 0.1) is 0 Å². The molecule has 0 unspecified atom stereocenters. The number of nitrogens with zero attached hydrogens (tertiary/aromatic N) is 1. The molecule has 0 aliphatic heterocycles. The van der Waals surface area contributed by atoms with E-state index in [-0.39, 0.29) is 19.2 Å². The van der Waals surface area contributed by atoms with E-state index < -0.39 is 5.97 Å². The van der Waals surface area contributed by atoms with Crippen LogP contribution in [0.25, 0.3) is 0 Å².